The summed E-state index contributed by atoms with van der Waals surface area (Å²) in [6.07, 6.45) is 1.64. The van der Waals surface area contributed by atoms with Crippen molar-refractivity contribution in [3.05, 3.63) is 70.7 Å². The summed E-state index contributed by atoms with van der Waals surface area (Å²) in [6, 6.07) is 10.7. The van der Waals surface area contributed by atoms with Gasteiger partial charge in [-0.25, -0.2) is 4.79 Å². The second kappa shape index (κ2) is 9.79. The molecule has 0 bridgehead atoms. The zero-order valence-corrected chi connectivity index (χ0v) is 19.7. The summed E-state index contributed by atoms with van der Waals surface area (Å²) < 4.78 is 27.6. The molecular weight excluding hydrogens is 466 g/mol. The summed E-state index contributed by atoms with van der Waals surface area (Å²) in [4.78, 5) is 27.7. The fraction of sp³-hybridized carbons (Fsp3) is 0.346. The van der Waals surface area contributed by atoms with Gasteiger partial charge < -0.3 is 34.0 Å². The summed E-state index contributed by atoms with van der Waals surface area (Å²) >= 11 is 0. The SMILES string of the molecule is COc1ccc([C@@H]2C(C#N)=C(N)OC3=C2C(=O)C[C@H](c2ccco2)C3)cc1OC(=O)N1CCOCC1. The van der Waals surface area contributed by atoms with Crippen molar-refractivity contribution in [2.75, 3.05) is 33.4 Å². The van der Waals surface area contributed by atoms with Crippen LogP contribution in [0.3, 0.4) is 0 Å². The van der Waals surface area contributed by atoms with Gasteiger partial charge in [-0.15, -0.1) is 0 Å². The lowest BCUT2D eigenvalue weighted by atomic mass is 9.74. The van der Waals surface area contributed by atoms with E-state index in [-0.39, 0.29) is 35.3 Å². The summed E-state index contributed by atoms with van der Waals surface area (Å²) in [6.45, 7) is 1.70. The third-order valence-corrected chi connectivity index (χ3v) is 6.59. The van der Waals surface area contributed by atoms with Crippen molar-refractivity contribution in [1.29, 1.82) is 5.26 Å². The van der Waals surface area contributed by atoms with Crippen molar-refractivity contribution in [1.82, 2.24) is 4.90 Å². The van der Waals surface area contributed by atoms with E-state index in [4.69, 9.17) is 29.1 Å². The Balaban J connectivity index is 1.51. The first-order valence-electron chi connectivity index (χ1n) is 11.6. The molecule has 2 aromatic rings. The number of ketones is 1. The van der Waals surface area contributed by atoms with Crippen LogP contribution in [0.1, 0.15) is 36.0 Å². The van der Waals surface area contributed by atoms with Crippen molar-refractivity contribution >= 4 is 11.9 Å². The summed E-state index contributed by atoms with van der Waals surface area (Å²) in [5, 5.41) is 9.91. The Morgan fingerprint density at radius 3 is 2.69 bits per heavy atom. The van der Waals surface area contributed by atoms with Crippen molar-refractivity contribution in [3.63, 3.8) is 0 Å². The first-order valence-corrected chi connectivity index (χ1v) is 11.6. The molecule has 1 aromatic carbocycles. The number of benzene rings is 1. The molecule has 36 heavy (non-hydrogen) atoms. The normalized spacial score (nSPS) is 22.0. The molecule has 186 valence electrons. The Bertz CT molecular complexity index is 1280. The second-order valence-corrected chi connectivity index (χ2v) is 8.68. The maximum atomic E-state index is 13.4. The average molecular weight is 492 g/mol. The second-order valence-electron chi connectivity index (χ2n) is 8.68. The minimum absolute atomic E-state index is 0.0585. The number of nitrogens with two attached hydrogens (primary N) is 1. The minimum atomic E-state index is -0.768. The smallest absolute Gasteiger partial charge is 0.415 e. The Hall–Kier alpha value is -4.23. The number of carbonyl (C=O) groups is 2. The molecule has 5 rings (SSSR count). The molecule has 10 nitrogen and oxygen atoms in total. The molecule has 2 N–H and O–H groups in total. The molecule has 2 atom stereocenters. The summed E-state index contributed by atoms with van der Waals surface area (Å²) in [5.74, 6) is 0.433. The van der Waals surface area contributed by atoms with Crippen LogP contribution >= 0.6 is 0 Å². The van der Waals surface area contributed by atoms with Crippen LogP contribution in [0.5, 0.6) is 11.5 Å². The number of hydrogen-bond acceptors (Lipinski definition) is 9. The highest BCUT2D eigenvalue weighted by Gasteiger charge is 2.41. The van der Waals surface area contributed by atoms with Gasteiger partial charge in [0, 0.05) is 37.4 Å². The number of hydrogen-bond donors (Lipinski definition) is 1. The van der Waals surface area contributed by atoms with Crippen LogP contribution < -0.4 is 15.2 Å². The van der Waals surface area contributed by atoms with E-state index in [0.717, 1.165) is 0 Å². The first-order chi connectivity index (χ1) is 17.5. The number of Topliss-reactive ketones (excluding diaryl/α,β-unsaturated/α-hetero) is 1. The zero-order chi connectivity index (χ0) is 25.2. The number of methoxy groups -OCH3 is 1. The number of rotatable bonds is 4. The van der Waals surface area contributed by atoms with Crippen molar-refractivity contribution in [2.24, 2.45) is 5.73 Å². The van der Waals surface area contributed by atoms with Gasteiger partial charge in [-0.1, -0.05) is 6.07 Å². The van der Waals surface area contributed by atoms with Crippen molar-refractivity contribution in [3.8, 4) is 17.6 Å². The Morgan fingerprint density at radius 1 is 1.19 bits per heavy atom. The standard InChI is InChI=1S/C26H25N3O7/c1-32-20-5-4-15(12-21(20)36-26(31)29-6-9-33-10-7-29)23-17(14-27)25(28)35-22-13-16(11-18(30)24(22)23)19-3-2-8-34-19/h2-5,8,12,16,23H,6-7,9-11,13,28H2,1H3/t16-,23+/m0/s1. The molecule has 3 aliphatic rings. The summed E-state index contributed by atoms with van der Waals surface area (Å²) in [7, 11) is 1.47. The lowest BCUT2D eigenvalue weighted by molar-refractivity contribution is -0.117. The quantitative estimate of drug-likeness (QED) is 0.682. The van der Waals surface area contributed by atoms with Gasteiger partial charge in [0.15, 0.2) is 17.3 Å². The van der Waals surface area contributed by atoms with E-state index in [1.807, 2.05) is 6.07 Å². The van der Waals surface area contributed by atoms with E-state index in [2.05, 4.69) is 6.07 Å². The van der Waals surface area contributed by atoms with Crippen LogP contribution in [-0.2, 0) is 14.3 Å². The average Bonchev–Trinajstić information content (AvgIpc) is 3.43. The number of carbonyl (C=O) groups excluding carboxylic acids is 2. The van der Waals surface area contributed by atoms with Crippen molar-refractivity contribution < 1.29 is 33.0 Å². The van der Waals surface area contributed by atoms with Crippen LogP contribution in [0.4, 0.5) is 4.79 Å². The number of morpholine rings is 1. The van der Waals surface area contributed by atoms with Gasteiger partial charge in [-0.3, -0.25) is 4.79 Å². The van der Waals surface area contributed by atoms with E-state index in [1.54, 1.807) is 35.4 Å². The maximum Gasteiger partial charge on any atom is 0.415 e. The number of ether oxygens (including phenoxy) is 4. The van der Waals surface area contributed by atoms with Crippen LogP contribution in [0.15, 0.2) is 63.8 Å². The molecule has 1 amide bonds. The van der Waals surface area contributed by atoms with Gasteiger partial charge in [0.2, 0.25) is 5.88 Å². The van der Waals surface area contributed by atoms with Crippen LogP contribution in [0.25, 0.3) is 0 Å². The number of furan rings is 1. The molecule has 0 radical (unpaired) electrons. The minimum Gasteiger partial charge on any atom is -0.493 e. The van der Waals surface area contributed by atoms with E-state index >= 15 is 0 Å². The molecule has 0 spiro atoms. The fourth-order valence-electron chi connectivity index (χ4n) is 4.82. The lowest BCUT2D eigenvalue weighted by Gasteiger charge is -2.33. The summed E-state index contributed by atoms with van der Waals surface area (Å²) in [5.41, 5.74) is 7.19. The molecule has 0 unspecified atom stereocenters. The monoisotopic (exact) mass is 491 g/mol. The van der Waals surface area contributed by atoms with Gasteiger partial charge >= 0.3 is 6.09 Å². The van der Waals surface area contributed by atoms with Crippen molar-refractivity contribution in [2.45, 2.75) is 24.7 Å². The highest BCUT2D eigenvalue weighted by molar-refractivity contribution is 6.00. The molecule has 0 saturated carbocycles. The third kappa shape index (κ3) is 4.29. The highest BCUT2D eigenvalue weighted by Crippen LogP contribution is 2.47. The van der Waals surface area contributed by atoms with E-state index < -0.39 is 12.0 Å². The van der Waals surface area contributed by atoms with E-state index in [9.17, 15) is 14.9 Å². The third-order valence-electron chi connectivity index (χ3n) is 6.59. The molecule has 10 heteroatoms. The fourth-order valence-corrected chi connectivity index (χ4v) is 4.82. The predicted octanol–water partition coefficient (Wildman–Crippen LogP) is 3.33. The van der Waals surface area contributed by atoms with Gasteiger partial charge in [0.25, 0.3) is 0 Å². The van der Waals surface area contributed by atoms with E-state index in [0.29, 0.717) is 61.1 Å². The Kier molecular flexibility index (Phi) is 6.40. The molecular formula is C26H25N3O7. The molecule has 1 aliphatic carbocycles. The molecule has 3 heterocycles. The zero-order valence-electron chi connectivity index (χ0n) is 19.7. The maximum absolute atomic E-state index is 13.4. The molecule has 1 fully saturated rings. The van der Waals surface area contributed by atoms with Crippen LogP contribution in [0, 0.1) is 11.3 Å². The van der Waals surface area contributed by atoms with Gasteiger partial charge in [-0.2, -0.15) is 5.26 Å². The number of allylic oxidation sites excluding steroid dienone is 3. The predicted molar refractivity (Wildman–Crippen MR) is 125 cm³/mol. The van der Waals surface area contributed by atoms with Crippen LogP contribution in [-0.4, -0.2) is 50.2 Å². The number of nitrogens with zero attached hydrogens (tertiary/aromatic N) is 2. The Labute approximate surface area is 207 Å². The van der Waals surface area contributed by atoms with Gasteiger partial charge in [0.05, 0.1) is 32.5 Å². The van der Waals surface area contributed by atoms with Gasteiger partial charge in [0.1, 0.15) is 23.2 Å². The molecule has 2 aliphatic heterocycles. The van der Waals surface area contributed by atoms with Gasteiger partial charge in [-0.05, 0) is 29.8 Å². The lowest BCUT2D eigenvalue weighted by Crippen LogP contribution is -2.42. The van der Waals surface area contributed by atoms with E-state index in [1.165, 1.54) is 7.11 Å². The number of amides is 1. The van der Waals surface area contributed by atoms with Crippen LogP contribution in [0.2, 0.25) is 0 Å². The highest BCUT2D eigenvalue weighted by atomic mass is 16.6. The number of nitriles is 1. The largest absolute Gasteiger partial charge is 0.493 e. The topological polar surface area (TPSA) is 137 Å². The molecule has 1 saturated heterocycles. The molecule has 1 aromatic heterocycles. The first kappa shape index (κ1) is 23.5. The Morgan fingerprint density at radius 2 is 2.00 bits per heavy atom.